The van der Waals surface area contributed by atoms with Crippen molar-refractivity contribution in [1.82, 2.24) is 4.90 Å². The first-order valence-corrected chi connectivity index (χ1v) is 26.6. The Bertz CT molecular complexity index is 1190. The Morgan fingerprint density at radius 1 is 0.650 bits per heavy atom. The smallest absolute Gasteiger partial charge is 0.0936 e. The largest absolute Gasteiger partial charge is 0.379 e. The highest BCUT2D eigenvalue weighted by Gasteiger charge is 2.49. The number of unbranched alkanes of at least 4 members (excludes halogenated alkanes) is 10. The number of likely N-dealkylation sites (tertiary alicyclic amines) is 1. The number of ether oxygens (including phenoxy) is 4. The van der Waals surface area contributed by atoms with Gasteiger partial charge in [0, 0.05) is 25.2 Å². The van der Waals surface area contributed by atoms with Gasteiger partial charge in [-0.05, 0) is 158 Å². The van der Waals surface area contributed by atoms with Crippen LogP contribution >= 0.6 is 0 Å². The summed E-state index contributed by atoms with van der Waals surface area (Å²) in [4.78, 5) is 2.63. The summed E-state index contributed by atoms with van der Waals surface area (Å²) < 4.78 is 25.2. The van der Waals surface area contributed by atoms with Crippen LogP contribution in [-0.4, -0.2) is 75.4 Å². The highest BCUT2D eigenvalue weighted by atomic mass is 16.6. The second-order valence-corrected chi connectivity index (χ2v) is 20.9. The van der Waals surface area contributed by atoms with Crippen molar-refractivity contribution in [3.63, 3.8) is 0 Å². The van der Waals surface area contributed by atoms with Crippen LogP contribution in [0.2, 0.25) is 0 Å². The van der Waals surface area contributed by atoms with Crippen LogP contribution in [0, 0.1) is 41.4 Å². The average molecular weight is 836 g/mol. The van der Waals surface area contributed by atoms with Gasteiger partial charge in [0.15, 0.2) is 0 Å². The van der Waals surface area contributed by atoms with E-state index in [9.17, 15) is 0 Å². The maximum atomic E-state index is 6.46. The van der Waals surface area contributed by atoms with Crippen LogP contribution in [0.4, 0.5) is 0 Å². The highest BCUT2D eigenvalue weighted by molar-refractivity contribution is 5.19. The van der Waals surface area contributed by atoms with Crippen molar-refractivity contribution in [2.24, 2.45) is 41.4 Å². The van der Waals surface area contributed by atoms with E-state index in [4.69, 9.17) is 18.9 Å². The van der Waals surface area contributed by atoms with Gasteiger partial charge >= 0.3 is 0 Å². The molecule has 0 aromatic heterocycles. The summed E-state index contributed by atoms with van der Waals surface area (Å²) in [6, 6.07) is 1.24. The van der Waals surface area contributed by atoms with Crippen molar-refractivity contribution in [2.75, 3.05) is 46.2 Å². The SMILES string of the molecule is CCCCC/C=C\C/C=C\CCCCCCCCOCC(CN1C(C)CCC1C)OCCOCCO[C@H]1CCC2C(=CCC3C2CCC2C3CC[C@@H]2CCCCC(C)C)C1. The van der Waals surface area contributed by atoms with E-state index in [-0.39, 0.29) is 6.10 Å². The molecule has 4 fully saturated rings. The third-order valence-corrected chi connectivity index (χ3v) is 16.0. The molecule has 0 radical (unpaired) electrons. The molecule has 346 valence electrons. The molecule has 0 N–H and O–H groups in total. The van der Waals surface area contributed by atoms with E-state index >= 15 is 0 Å². The van der Waals surface area contributed by atoms with Crippen molar-refractivity contribution < 1.29 is 18.9 Å². The van der Waals surface area contributed by atoms with Crippen LogP contribution in [-0.2, 0) is 18.9 Å². The normalized spacial score (nSPS) is 30.0. The summed E-state index contributed by atoms with van der Waals surface area (Å²) in [7, 11) is 0. The van der Waals surface area contributed by atoms with Crippen molar-refractivity contribution in [3.8, 4) is 0 Å². The standard InChI is InChI=1S/C55H97NO4/c1-6-7-8-9-10-11-12-13-14-15-16-17-18-19-20-23-36-58-43-50(42-56-45(4)26-27-46(56)5)60-40-38-57-37-39-59-49-30-33-52-48(41-49)29-32-55-53-31-28-47(25-22-21-24-44(2)3)51(53)34-35-54(52)55/h10-11,13-14,29,44-47,49-55H,6-9,12,15-28,30-43H2,1-5H3/b11-10-,14-13-/t45?,46?,47-,49-,50?,51?,52?,53?,54?,55?/m0/s1. The van der Waals surface area contributed by atoms with E-state index < -0.39 is 0 Å². The summed E-state index contributed by atoms with van der Waals surface area (Å²) in [6.45, 7) is 16.8. The second-order valence-electron chi connectivity index (χ2n) is 20.9. The van der Waals surface area contributed by atoms with Gasteiger partial charge in [-0.1, -0.05) is 121 Å². The van der Waals surface area contributed by atoms with E-state index in [0.717, 1.165) is 73.8 Å². The fourth-order valence-electron chi connectivity index (χ4n) is 12.5. The molecule has 5 aliphatic rings. The van der Waals surface area contributed by atoms with Crippen LogP contribution < -0.4 is 0 Å². The zero-order valence-electron chi connectivity index (χ0n) is 40.2. The minimum atomic E-state index is 0.0979. The monoisotopic (exact) mass is 836 g/mol. The highest BCUT2D eigenvalue weighted by Crippen LogP contribution is 2.58. The minimum absolute atomic E-state index is 0.0979. The van der Waals surface area contributed by atoms with Crippen LogP contribution in [0.25, 0.3) is 0 Å². The molecule has 5 heteroatoms. The summed E-state index contributed by atoms with van der Waals surface area (Å²) in [6.07, 6.45) is 47.4. The Morgan fingerprint density at radius 3 is 2.15 bits per heavy atom. The van der Waals surface area contributed by atoms with Gasteiger partial charge in [0.1, 0.15) is 0 Å². The Labute approximate surface area is 372 Å². The molecule has 0 aromatic rings. The van der Waals surface area contributed by atoms with Gasteiger partial charge in [0.25, 0.3) is 0 Å². The van der Waals surface area contributed by atoms with Crippen LogP contribution in [0.1, 0.15) is 202 Å². The van der Waals surface area contributed by atoms with Gasteiger partial charge in [-0.2, -0.15) is 0 Å². The van der Waals surface area contributed by atoms with Crippen LogP contribution in [0.3, 0.4) is 0 Å². The number of allylic oxidation sites excluding steroid dienone is 5. The lowest BCUT2D eigenvalue weighted by atomic mass is 9.56. The van der Waals surface area contributed by atoms with E-state index in [2.05, 4.69) is 69.9 Å². The molecule has 4 aliphatic carbocycles. The molecule has 1 aliphatic heterocycles. The summed E-state index contributed by atoms with van der Waals surface area (Å²) in [5.41, 5.74) is 1.75. The quantitative estimate of drug-likeness (QED) is 0.0499. The summed E-state index contributed by atoms with van der Waals surface area (Å²) in [5.74, 6) is 6.73. The lowest BCUT2D eigenvalue weighted by molar-refractivity contribution is -0.0640. The van der Waals surface area contributed by atoms with Crippen molar-refractivity contribution in [2.45, 2.75) is 226 Å². The fraction of sp³-hybridized carbons (Fsp3) is 0.891. The third-order valence-electron chi connectivity index (χ3n) is 16.0. The summed E-state index contributed by atoms with van der Waals surface area (Å²) in [5, 5.41) is 0. The van der Waals surface area contributed by atoms with Gasteiger partial charge in [0.2, 0.25) is 0 Å². The van der Waals surface area contributed by atoms with Gasteiger partial charge in [-0.3, -0.25) is 4.90 Å². The average Bonchev–Trinajstić information content (AvgIpc) is 3.82. The fourth-order valence-corrected chi connectivity index (χ4v) is 12.5. The van der Waals surface area contributed by atoms with Gasteiger partial charge in [-0.25, -0.2) is 0 Å². The molecule has 5 rings (SSSR count). The topological polar surface area (TPSA) is 40.2 Å². The number of hydrogen-bond acceptors (Lipinski definition) is 5. The molecular weight excluding hydrogens is 739 g/mol. The number of rotatable bonds is 32. The first-order chi connectivity index (χ1) is 29.4. The predicted octanol–water partition coefficient (Wildman–Crippen LogP) is 14.5. The Morgan fingerprint density at radius 2 is 1.37 bits per heavy atom. The molecule has 10 atom stereocenters. The Balaban J connectivity index is 0.889. The Kier molecular flexibility index (Phi) is 24.6. The molecule has 0 spiro atoms. The van der Waals surface area contributed by atoms with Crippen molar-refractivity contribution in [3.05, 3.63) is 36.0 Å². The number of fused-ring (bicyclic) bond motifs is 5. The molecule has 3 saturated carbocycles. The first kappa shape index (κ1) is 50.0. The molecule has 8 unspecified atom stereocenters. The second kappa shape index (κ2) is 29.5. The van der Waals surface area contributed by atoms with Crippen molar-refractivity contribution >= 4 is 0 Å². The molecule has 60 heavy (non-hydrogen) atoms. The minimum Gasteiger partial charge on any atom is -0.379 e. The lowest BCUT2D eigenvalue weighted by Gasteiger charge is -2.50. The van der Waals surface area contributed by atoms with E-state index in [1.807, 2.05) is 0 Å². The van der Waals surface area contributed by atoms with E-state index in [1.165, 1.54) is 148 Å². The van der Waals surface area contributed by atoms with Crippen LogP contribution in [0.5, 0.6) is 0 Å². The molecule has 1 heterocycles. The predicted molar refractivity (Wildman–Crippen MR) is 255 cm³/mol. The Hall–Kier alpha value is -0.980. The molecule has 0 aromatic carbocycles. The van der Waals surface area contributed by atoms with Crippen molar-refractivity contribution in [1.29, 1.82) is 0 Å². The maximum Gasteiger partial charge on any atom is 0.0936 e. The summed E-state index contributed by atoms with van der Waals surface area (Å²) >= 11 is 0. The van der Waals surface area contributed by atoms with E-state index in [1.54, 1.807) is 5.57 Å². The molecule has 1 saturated heterocycles. The number of nitrogens with zero attached hydrogens (tertiary/aromatic N) is 1. The van der Waals surface area contributed by atoms with Gasteiger partial charge < -0.3 is 18.9 Å². The third kappa shape index (κ3) is 17.5. The van der Waals surface area contributed by atoms with Gasteiger partial charge in [-0.15, -0.1) is 0 Å². The zero-order valence-corrected chi connectivity index (χ0v) is 40.2. The molecule has 0 bridgehead atoms. The molecule has 5 nitrogen and oxygen atoms in total. The van der Waals surface area contributed by atoms with Gasteiger partial charge in [0.05, 0.1) is 45.2 Å². The molecular formula is C55H97NO4. The van der Waals surface area contributed by atoms with E-state index in [0.29, 0.717) is 51.2 Å². The zero-order chi connectivity index (χ0) is 42.2. The first-order valence-electron chi connectivity index (χ1n) is 26.6. The van der Waals surface area contributed by atoms with Crippen LogP contribution in [0.15, 0.2) is 36.0 Å². The molecule has 0 amide bonds. The number of hydrogen-bond donors (Lipinski definition) is 0. The maximum absolute atomic E-state index is 6.46. The lowest BCUT2D eigenvalue weighted by Crippen LogP contribution is -2.42.